The first-order valence-electron chi connectivity index (χ1n) is 22.8. The molecule has 0 saturated heterocycles. The number of hydrogen-bond acceptors (Lipinski definition) is 6. The summed E-state index contributed by atoms with van der Waals surface area (Å²) in [5, 5.41) is 9.61. The van der Waals surface area contributed by atoms with Gasteiger partial charge in [-0.25, -0.2) is 4.79 Å². The number of carboxylic acids is 1. The Bertz CT molecular complexity index is 1120. The first kappa shape index (κ1) is 54.0. The summed E-state index contributed by atoms with van der Waals surface area (Å²) < 4.78 is 17.3. The second-order valence-corrected chi connectivity index (χ2v) is 16.3. The van der Waals surface area contributed by atoms with Gasteiger partial charge in [-0.05, 0) is 70.6 Å². The molecule has 0 aliphatic carbocycles. The van der Waals surface area contributed by atoms with Gasteiger partial charge in [0.05, 0.1) is 34.4 Å². The Balaban J connectivity index is 4.25. The van der Waals surface area contributed by atoms with E-state index in [2.05, 4.69) is 74.6 Å². The highest BCUT2D eigenvalue weighted by atomic mass is 16.6. The number of ether oxygens (including phenoxy) is 3. The van der Waals surface area contributed by atoms with Crippen molar-refractivity contribution in [1.29, 1.82) is 0 Å². The average Bonchev–Trinajstić information content (AvgIpc) is 3.17. The zero-order chi connectivity index (χ0) is 42.1. The number of rotatable bonds is 40. The third-order valence-corrected chi connectivity index (χ3v) is 9.90. The van der Waals surface area contributed by atoms with E-state index in [0.717, 1.165) is 83.5 Å². The van der Waals surface area contributed by atoms with Crippen LogP contribution in [-0.2, 0) is 28.6 Å². The molecule has 57 heavy (non-hydrogen) atoms. The average molecular weight is 801 g/mol. The quantitative estimate of drug-likeness (QED) is 0.0285. The van der Waals surface area contributed by atoms with E-state index in [-0.39, 0.29) is 36.2 Å². The van der Waals surface area contributed by atoms with Crippen molar-refractivity contribution in [2.75, 3.05) is 41.0 Å². The van der Waals surface area contributed by atoms with Crippen LogP contribution in [0.15, 0.2) is 60.8 Å². The van der Waals surface area contributed by atoms with E-state index in [1.807, 2.05) is 21.1 Å². The highest BCUT2D eigenvalue weighted by molar-refractivity contribution is 5.72. The molecule has 328 valence electrons. The molecule has 0 aliphatic rings. The number of unbranched alkanes of at least 4 members (excludes halogenated alkanes) is 16. The lowest BCUT2D eigenvalue weighted by Gasteiger charge is -2.31. The van der Waals surface area contributed by atoms with Gasteiger partial charge in [-0.3, -0.25) is 9.59 Å². The van der Waals surface area contributed by atoms with Gasteiger partial charge in [0.15, 0.2) is 12.1 Å². The predicted molar refractivity (Wildman–Crippen MR) is 238 cm³/mol. The molecule has 8 nitrogen and oxygen atoms in total. The number of carboxylic acid groups (broad SMARTS) is 1. The van der Waals surface area contributed by atoms with Crippen LogP contribution < -0.4 is 0 Å². The number of likely N-dealkylation sites (N-methyl/N-ethyl adjacent to an activating group) is 1. The maximum absolute atomic E-state index is 12.7. The largest absolute Gasteiger partial charge is 0.477 e. The van der Waals surface area contributed by atoms with Gasteiger partial charge in [0.1, 0.15) is 6.61 Å². The Hall–Kier alpha value is -2.97. The normalized spacial score (nSPS) is 13.5. The van der Waals surface area contributed by atoms with Gasteiger partial charge in [-0.1, -0.05) is 152 Å². The number of aliphatic carboxylic acids is 1. The van der Waals surface area contributed by atoms with Crippen LogP contribution in [0.5, 0.6) is 0 Å². The maximum Gasteiger partial charge on any atom is 0.362 e. The minimum atomic E-state index is -0.879. The standard InChI is InChI=1S/C49H85NO7/c1-6-8-10-12-14-16-18-19-20-21-22-23-24-25-26-27-28-30-31-33-35-37-39-47(51)56-44-45(43-55-42-41-46(49(53)54)50(3,4)5)57-48(52)40-38-36-34-32-29-17-15-13-11-9-7-2/h8,10,13-16,19-20,22-23,45-46H,6-7,9,11-12,17-18,21,24-44H2,1-5H3/p+1/b10-8+,15-13+,16-14+,20-19+,23-22+. The first-order chi connectivity index (χ1) is 27.6. The summed E-state index contributed by atoms with van der Waals surface area (Å²) in [6.45, 7) is 4.56. The minimum absolute atomic E-state index is 0.0543. The van der Waals surface area contributed by atoms with Gasteiger partial charge >= 0.3 is 17.9 Å². The zero-order valence-corrected chi connectivity index (χ0v) is 37.3. The number of quaternary nitrogens is 1. The molecule has 0 bridgehead atoms. The molecule has 0 aromatic rings. The highest BCUT2D eigenvalue weighted by Crippen LogP contribution is 2.14. The molecule has 0 amide bonds. The van der Waals surface area contributed by atoms with E-state index in [0.29, 0.717) is 19.3 Å². The third-order valence-electron chi connectivity index (χ3n) is 9.90. The summed E-state index contributed by atoms with van der Waals surface area (Å²) in [6, 6.07) is -0.618. The van der Waals surface area contributed by atoms with Crippen LogP contribution >= 0.6 is 0 Å². The molecule has 0 spiro atoms. The maximum atomic E-state index is 12.7. The van der Waals surface area contributed by atoms with Gasteiger partial charge in [-0.2, -0.15) is 0 Å². The fraction of sp³-hybridized carbons (Fsp3) is 0.735. The lowest BCUT2D eigenvalue weighted by atomic mass is 10.1. The van der Waals surface area contributed by atoms with Crippen molar-refractivity contribution in [1.82, 2.24) is 0 Å². The molecular weight excluding hydrogens is 715 g/mol. The van der Waals surface area contributed by atoms with Gasteiger partial charge in [-0.15, -0.1) is 0 Å². The van der Waals surface area contributed by atoms with Crippen LogP contribution in [0.25, 0.3) is 0 Å². The molecule has 2 unspecified atom stereocenters. The number of hydrogen-bond donors (Lipinski definition) is 1. The molecule has 0 saturated carbocycles. The van der Waals surface area contributed by atoms with E-state index < -0.39 is 18.1 Å². The summed E-state index contributed by atoms with van der Waals surface area (Å²) in [5.41, 5.74) is 0. The van der Waals surface area contributed by atoms with Gasteiger partial charge < -0.3 is 23.8 Å². The van der Waals surface area contributed by atoms with Crippen molar-refractivity contribution in [2.24, 2.45) is 0 Å². The number of carbonyl (C=O) groups excluding carboxylic acids is 2. The van der Waals surface area contributed by atoms with Crippen LogP contribution in [0, 0.1) is 0 Å². The van der Waals surface area contributed by atoms with E-state index >= 15 is 0 Å². The van der Waals surface area contributed by atoms with Crippen LogP contribution in [0.3, 0.4) is 0 Å². The van der Waals surface area contributed by atoms with Crippen molar-refractivity contribution in [2.45, 2.75) is 193 Å². The van der Waals surface area contributed by atoms with Crippen molar-refractivity contribution in [3.05, 3.63) is 60.8 Å². The van der Waals surface area contributed by atoms with Crippen LogP contribution in [-0.4, -0.2) is 80.6 Å². The fourth-order valence-electron chi connectivity index (χ4n) is 6.36. The summed E-state index contributed by atoms with van der Waals surface area (Å²) in [5.74, 6) is -1.49. The second-order valence-electron chi connectivity index (χ2n) is 16.3. The number of carbonyl (C=O) groups is 3. The van der Waals surface area contributed by atoms with Crippen molar-refractivity contribution in [3.63, 3.8) is 0 Å². The van der Waals surface area contributed by atoms with Crippen molar-refractivity contribution < 1.29 is 38.2 Å². The monoisotopic (exact) mass is 801 g/mol. The van der Waals surface area contributed by atoms with E-state index in [1.54, 1.807) is 0 Å². The van der Waals surface area contributed by atoms with Gasteiger partial charge in [0.2, 0.25) is 0 Å². The van der Waals surface area contributed by atoms with Crippen molar-refractivity contribution in [3.8, 4) is 0 Å². The lowest BCUT2D eigenvalue weighted by molar-refractivity contribution is -0.887. The van der Waals surface area contributed by atoms with Gasteiger partial charge in [0, 0.05) is 19.3 Å². The number of esters is 2. The Kier molecular flexibility index (Phi) is 37.8. The molecule has 0 fully saturated rings. The lowest BCUT2D eigenvalue weighted by Crippen LogP contribution is -2.50. The summed E-state index contributed by atoms with van der Waals surface area (Å²) in [4.78, 5) is 37.0. The Labute approximate surface area is 349 Å². The molecule has 0 radical (unpaired) electrons. The molecular formula is C49H86NO7+. The summed E-state index contributed by atoms with van der Waals surface area (Å²) in [7, 11) is 5.52. The summed E-state index contributed by atoms with van der Waals surface area (Å²) in [6.07, 6.45) is 48.4. The zero-order valence-electron chi connectivity index (χ0n) is 37.3. The predicted octanol–water partition coefficient (Wildman–Crippen LogP) is 12.6. The van der Waals surface area contributed by atoms with Crippen LogP contribution in [0.2, 0.25) is 0 Å². The Morgan fingerprint density at radius 2 is 0.982 bits per heavy atom. The number of nitrogens with zero attached hydrogens (tertiary/aromatic N) is 1. The fourth-order valence-corrected chi connectivity index (χ4v) is 6.36. The minimum Gasteiger partial charge on any atom is -0.477 e. The first-order valence-corrected chi connectivity index (χ1v) is 22.8. The number of allylic oxidation sites excluding steroid dienone is 10. The second kappa shape index (κ2) is 39.8. The third kappa shape index (κ3) is 38.3. The molecule has 1 N–H and O–H groups in total. The van der Waals surface area contributed by atoms with Gasteiger partial charge in [0.25, 0.3) is 0 Å². The van der Waals surface area contributed by atoms with Crippen LogP contribution in [0.4, 0.5) is 0 Å². The molecule has 0 aliphatic heterocycles. The summed E-state index contributed by atoms with van der Waals surface area (Å²) >= 11 is 0. The highest BCUT2D eigenvalue weighted by Gasteiger charge is 2.31. The molecule has 0 heterocycles. The van der Waals surface area contributed by atoms with E-state index in [4.69, 9.17) is 14.2 Å². The Morgan fingerprint density at radius 3 is 1.47 bits per heavy atom. The molecule has 0 rings (SSSR count). The SMILES string of the molecule is CC/C=C/C/C=C/C/C=C/C/C=C/CCCCCCCCCCCC(=O)OCC(COCCC(C(=O)O)[N+](C)(C)C)OC(=O)CCCCCCC/C=C/CCCC. The van der Waals surface area contributed by atoms with Crippen LogP contribution in [0.1, 0.15) is 181 Å². The van der Waals surface area contributed by atoms with Crippen molar-refractivity contribution >= 4 is 17.9 Å². The Morgan fingerprint density at radius 1 is 0.544 bits per heavy atom. The molecule has 0 aromatic carbocycles. The van der Waals surface area contributed by atoms with E-state index in [9.17, 15) is 19.5 Å². The van der Waals surface area contributed by atoms with E-state index in [1.165, 1.54) is 64.2 Å². The topological polar surface area (TPSA) is 99.1 Å². The smallest absolute Gasteiger partial charge is 0.362 e. The molecule has 2 atom stereocenters. The molecule has 8 heteroatoms. The molecule has 0 aromatic heterocycles.